The molecule has 0 spiro atoms. The highest BCUT2D eigenvalue weighted by molar-refractivity contribution is 7.92. The molecular weight excluding hydrogens is 538 g/mol. The molecule has 220 valence electrons. The summed E-state index contributed by atoms with van der Waals surface area (Å²) in [6.45, 7) is 8.38. The Morgan fingerprint density at radius 3 is 2.24 bits per heavy atom. The van der Waals surface area contributed by atoms with Crippen molar-refractivity contribution in [3.63, 3.8) is 0 Å². The highest BCUT2D eigenvalue weighted by Gasteiger charge is 2.33. The fourth-order valence-electron chi connectivity index (χ4n) is 4.56. The van der Waals surface area contributed by atoms with Gasteiger partial charge in [0.1, 0.15) is 18.3 Å². The summed E-state index contributed by atoms with van der Waals surface area (Å²) in [7, 11) is -4.13. The van der Waals surface area contributed by atoms with Crippen molar-refractivity contribution in [1.29, 1.82) is 0 Å². The number of carbonyl (C=O) groups excluding carboxylic acids is 2. The average molecular weight is 580 g/mol. The minimum Gasteiger partial charge on any atom is -0.494 e. The number of benzene rings is 3. The highest BCUT2D eigenvalue weighted by atomic mass is 32.2. The fraction of sp³-hybridized carbons (Fsp3) is 0.375. The molecule has 0 heterocycles. The lowest BCUT2D eigenvalue weighted by atomic mass is 10.1. The highest BCUT2D eigenvalue weighted by Crippen LogP contribution is 2.26. The van der Waals surface area contributed by atoms with Crippen molar-refractivity contribution in [2.75, 3.05) is 24.0 Å². The molecule has 9 heteroatoms. The van der Waals surface area contributed by atoms with E-state index >= 15 is 0 Å². The van der Waals surface area contributed by atoms with E-state index in [4.69, 9.17) is 4.74 Å². The molecule has 1 atom stereocenters. The van der Waals surface area contributed by atoms with Crippen LogP contribution in [-0.2, 0) is 26.2 Å². The van der Waals surface area contributed by atoms with Crippen molar-refractivity contribution in [3.05, 3.63) is 90.0 Å². The van der Waals surface area contributed by atoms with Crippen molar-refractivity contribution < 1.29 is 22.7 Å². The van der Waals surface area contributed by atoms with Crippen LogP contribution in [-0.4, -0.2) is 50.9 Å². The molecule has 0 radical (unpaired) electrons. The summed E-state index contributed by atoms with van der Waals surface area (Å²) in [5, 5.41) is 2.95. The molecule has 0 unspecified atom stereocenters. The van der Waals surface area contributed by atoms with Crippen LogP contribution in [0.5, 0.6) is 5.75 Å². The third kappa shape index (κ3) is 8.57. The first-order valence-corrected chi connectivity index (χ1v) is 15.6. The molecular formula is C32H41N3O5S. The van der Waals surface area contributed by atoms with E-state index in [1.54, 1.807) is 42.5 Å². The third-order valence-corrected chi connectivity index (χ3v) is 8.48. The molecule has 0 bridgehead atoms. The average Bonchev–Trinajstić information content (AvgIpc) is 2.96. The van der Waals surface area contributed by atoms with E-state index in [1.807, 2.05) is 52.0 Å². The predicted octanol–water partition coefficient (Wildman–Crippen LogP) is 5.31. The van der Waals surface area contributed by atoms with E-state index in [0.717, 1.165) is 28.3 Å². The van der Waals surface area contributed by atoms with E-state index in [1.165, 1.54) is 17.0 Å². The summed E-state index contributed by atoms with van der Waals surface area (Å²) in [5.41, 5.74) is 2.24. The third-order valence-electron chi connectivity index (χ3n) is 6.70. The lowest BCUT2D eigenvalue weighted by Crippen LogP contribution is -2.52. The molecule has 0 fully saturated rings. The molecule has 41 heavy (non-hydrogen) atoms. The number of carbonyl (C=O) groups is 2. The van der Waals surface area contributed by atoms with Gasteiger partial charge in [0.15, 0.2) is 0 Å². The van der Waals surface area contributed by atoms with Gasteiger partial charge in [-0.2, -0.15) is 0 Å². The molecule has 2 amide bonds. The summed E-state index contributed by atoms with van der Waals surface area (Å²) >= 11 is 0. The number of rotatable bonds is 15. The van der Waals surface area contributed by atoms with Crippen molar-refractivity contribution in [2.24, 2.45) is 0 Å². The van der Waals surface area contributed by atoms with Crippen LogP contribution in [0.25, 0.3) is 0 Å². The number of sulfonamides is 1. The Bertz CT molecular complexity index is 1380. The van der Waals surface area contributed by atoms with Crippen LogP contribution in [0.15, 0.2) is 83.8 Å². The molecule has 8 nitrogen and oxygen atoms in total. The molecule has 3 rings (SSSR count). The van der Waals surface area contributed by atoms with Crippen molar-refractivity contribution >= 4 is 27.5 Å². The van der Waals surface area contributed by atoms with Crippen LogP contribution in [0.2, 0.25) is 0 Å². The molecule has 0 saturated carbocycles. The maximum atomic E-state index is 14.1. The van der Waals surface area contributed by atoms with E-state index in [0.29, 0.717) is 31.0 Å². The number of nitrogens with zero attached hydrogens (tertiary/aromatic N) is 2. The van der Waals surface area contributed by atoms with Gasteiger partial charge in [-0.15, -0.1) is 0 Å². The summed E-state index contributed by atoms with van der Waals surface area (Å²) in [6, 6.07) is 21.7. The Morgan fingerprint density at radius 1 is 0.927 bits per heavy atom. The Hall–Kier alpha value is -3.85. The summed E-state index contributed by atoms with van der Waals surface area (Å²) in [4.78, 5) is 28.9. The lowest BCUT2D eigenvalue weighted by molar-refractivity contribution is -0.140. The Morgan fingerprint density at radius 2 is 1.63 bits per heavy atom. The topological polar surface area (TPSA) is 96.0 Å². The smallest absolute Gasteiger partial charge is 0.264 e. The number of hydrogen-bond donors (Lipinski definition) is 1. The number of ether oxygens (including phenoxy) is 1. The van der Waals surface area contributed by atoms with Gasteiger partial charge >= 0.3 is 0 Å². The van der Waals surface area contributed by atoms with Crippen molar-refractivity contribution in [2.45, 2.75) is 64.4 Å². The summed E-state index contributed by atoms with van der Waals surface area (Å²) in [6.07, 6.45) is 2.14. The predicted molar refractivity (Wildman–Crippen MR) is 162 cm³/mol. The molecule has 3 aromatic rings. The second-order valence-electron chi connectivity index (χ2n) is 9.83. The number of hydrogen-bond acceptors (Lipinski definition) is 5. The maximum absolute atomic E-state index is 14.1. The standard InChI is InChI=1S/C32H41N3O5S/c1-5-8-21-33-32(37)30(6-2)34(23-26-14-12-13-25(4)22-26)31(36)24-35(27-15-10-9-11-16-27)41(38,39)29-19-17-28(18-20-29)40-7-3/h9-20,22,30H,5-8,21,23-24H2,1-4H3,(H,33,37)/t30-/m1/s1. The first kappa shape index (κ1) is 31.7. The first-order chi connectivity index (χ1) is 19.7. The minimum absolute atomic E-state index is 0.0344. The second-order valence-corrected chi connectivity index (χ2v) is 11.7. The number of nitrogens with one attached hydrogen (secondary N) is 1. The van der Waals surface area contributed by atoms with Gasteiger partial charge in [0.2, 0.25) is 11.8 Å². The van der Waals surface area contributed by atoms with Gasteiger partial charge < -0.3 is 15.0 Å². The quantitative estimate of drug-likeness (QED) is 0.246. The second kappa shape index (κ2) is 15.2. The number of anilines is 1. The molecule has 0 aliphatic heterocycles. The normalized spacial score (nSPS) is 11.9. The minimum atomic E-state index is -4.13. The summed E-state index contributed by atoms with van der Waals surface area (Å²) < 4.78 is 34.5. The SMILES string of the molecule is CCCCNC(=O)[C@@H](CC)N(Cc1cccc(C)c1)C(=O)CN(c1ccccc1)S(=O)(=O)c1ccc(OCC)cc1. The molecule has 1 N–H and O–H groups in total. The van der Waals surface area contributed by atoms with Crippen LogP contribution < -0.4 is 14.4 Å². The zero-order valence-electron chi connectivity index (χ0n) is 24.4. The first-order valence-electron chi connectivity index (χ1n) is 14.1. The van der Waals surface area contributed by atoms with E-state index < -0.39 is 28.5 Å². The molecule has 0 aliphatic carbocycles. The number of amides is 2. The monoisotopic (exact) mass is 579 g/mol. The summed E-state index contributed by atoms with van der Waals surface area (Å²) in [5.74, 6) is -0.164. The lowest BCUT2D eigenvalue weighted by Gasteiger charge is -2.33. The van der Waals surface area contributed by atoms with Crippen LogP contribution in [0.3, 0.4) is 0 Å². The van der Waals surface area contributed by atoms with Crippen LogP contribution in [0.1, 0.15) is 51.2 Å². The van der Waals surface area contributed by atoms with Gasteiger partial charge in [0, 0.05) is 13.1 Å². The van der Waals surface area contributed by atoms with Crippen LogP contribution in [0.4, 0.5) is 5.69 Å². The number of aryl methyl sites for hydroxylation is 1. The van der Waals surface area contributed by atoms with Crippen LogP contribution >= 0.6 is 0 Å². The van der Waals surface area contributed by atoms with Crippen molar-refractivity contribution in [1.82, 2.24) is 10.2 Å². The van der Waals surface area contributed by atoms with Gasteiger partial charge in [-0.1, -0.05) is 68.3 Å². The van der Waals surface area contributed by atoms with E-state index in [9.17, 15) is 18.0 Å². The maximum Gasteiger partial charge on any atom is 0.264 e. The Labute approximate surface area is 244 Å². The van der Waals surface area contributed by atoms with Gasteiger partial charge in [-0.05, 0) is 68.7 Å². The molecule has 0 saturated heterocycles. The zero-order chi connectivity index (χ0) is 29.8. The van der Waals surface area contributed by atoms with Gasteiger partial charge in [0.05, 0.1) is 17.2 Å². The van der Waals surface area contributed by atoms with Crippen LogP contribution in [0, 0.1) is 6.92 Å². The van der Waals surface area contributed by atoms with Gasteiger partial charge in [-0.3, -0.25) is 13.9 Å². The van der Waals surface area contributed by atoms with E-state index in [-0.39, 0.29) is 17.3 Å². The molecule has 0 aliphatic rings. The number of para-hydroxylation sites is 1. The number of unbranched alkanes of at least 4 members (excludes halogenated alkanes) is 1. The Balaban J connectivity index is 2.00. The van der Waals surface area contributed by atoms with Crippen molar-refractivity contribution in [3.8, 4) is 5.75 Å². The largest absolute Gasteiger partial charge is 0.494 e. The van der Waals surface area contributed by atoms with E-state index in [2.05, 4.69) is 5.32 Å². The molecule has 0 aromatic heterocycles. The fourth-order valence-corrected chi connectivity index (χ4v) is 5.97. The van der Waals surface area contributed by atoms with Gasteiger partial charge in [-0.25, -0.2) is 8.42 Å². The Kier molecular flexibility index (Phi) is 11.8. The zero-order valence-corrected chi connectivity index (χ0v) is 25.2. The van der Waals surface area contributed by atoms with Gasteiger partial charge in [0.25, 0.3) is 10.0 Å². The molecule has 3 aromatic carbocycles.